The number of nitrogens with zero attached hydrogens (tertiary/aromatic N) is 1. The fraction of sp³-hybridized carbons (Fsp3) is 0.261. The summed E-state index contributed by atoms with van der Waals surface area (Å²) in [5.74, 6) is -0.354. The largest absolute Gasteiger partial charge is 0.493 e. The van der Waals surface area contributed by atoms with Gasteiger partial charge in [-0.2, -0.15) is 0 Å². The molecule has 4 rings (SSSR count). The van der Waals surface area contributed by atoms with Gasteiger partial charge in [-0.15, -0.1) is 0 Å². The smallest absolute Gasteiger partial charge is 0.249 e. The SMILES string of the molecule is CCN(CCc1coc2c(OC)cccc12)C1=Cc2c(C(N)=O)ccc(F)c2OC1. The highest BCUT2D eigenvalue weighted by Gasteiger charge is 2.23. The van der Waals surface area contributed by atoms with Crippen molar-refractivity contribution in [2.45, 2.75) is 13.3 Å². The summed E-state index contributed by atoms with van der Waals surface area (Å²) in [6.45, 7) is 3.69. The van der Waals surface area contributed by atoms with Gasteiger partial charge >= 0.3 is 0 Å². The molecule has 156 valence electrons. The summed E-state index contributed by atoms with van der Waals surface area (Å²) in [7, 11) is 1.62. The number of rotatable bonds is 7. The topological polar surface area (TPSA) is 77.9 Å². The zero-order chi connectivity index (χ0) is 21.3. The second kappa shape index (κ2) is 8.10. The van der Waals surface area contributed by atoms with Crippen LogP contribution >= 0.6 is 0 Å². The van der Waals surface area contributed by atoms with Crippen molar-refractivity contribution in [2.24, 2.45) is 5.73 Å². The van der Waals surface area contributed by atoms with Gasteiger partial charge in [0.05, 0.1) is 24.6 Å². The summed E-state index contributed by atoms with van der Waals surface area (Å²) in [6, 6.07) is 8.40. The number of furan rings is 1. The highest BCUT2D eigenvalue weighted by atomic mass is 19.1. The maximum absolute atomic E-state index is 14.1. The monoisotopic (exact) mass is 410 g/mol. The number of methoxy groups -OCH3 is 1. The Bertz CT molecular complexity index is 1140. The molecule has 0 unspecified atom stereocenters. The van der Waals surface area contributed by atoms with E-state index in [1.807, 2.05) is 25.1 Å². The summed E-state index contributed by atoms with van der Waals surface area (Å²) in [4.78, 5) is 13.9. The molecule has 1 aliphatic heterocycles. The Morgan fingerprint density at radius 2 is 2.13 bits per heavy atom. The summed E-state index contributed by atoms with van der Waals surface area (Å²) in [6.07, 6.45) is 4.29. The number of hydrogen-bond acceptors (Lipinski definition) is 5. The van der Waals surface area contributed by atoms with Gasteiger partial charge in [0, 0.05) is 29.6 Å². The lowest BCUT2D eigenvalue weighted by Gasteiger charge is -2.29. The van der Waals surface area contributed by atoms with E-state index < -0.39 is 11.7 Å². The van der Waals surface area contributed by atoms with Gasteiger partial charge in [0.15, 0.2) is 22.9 Å². The molecule has 1 aliphatic rings. The Morgan fingerprint density at radius 1 is 1.30 bits per heavy atom. The molecule has 2 aromatic carbocycles. The number of nitrogens with two attached hydrogens (primary N) is 1. The lowest BCUT2D eigenvalue weighted by molar-refractivity contribution is 0.0999. The lowest BCUT2D eigenvalue weighted by atomic mass is 10.0. The van der Waals surface area contributed by atoms with Gasteiger partial charge in [-0.1, -0.05) is 12.1 Å². The van der Waals surface area contributed by atoms with Gasteiger partial charge in [-0.25, -0.2) is 4.39 Å². The van der Waals surface area contributed by atoms with Crippen molar-refractivity contribution in [3.8, 4) is 11.5 Å². The zero-order valence-electron chi connectivity index (χ0n) is 16.9. The molecule has 0 saturated heterocycles. The first-order valence-electron chi connectivity index (χ1n) is 9.77. The molecule has 1 amide bonds. The van der Waals surface area contributed by atoms with Gasteiger partial charge in [0.2, 0.25) is 5.91 Å². The Balaban J connectivity index is 1.59. The molecule has 0 saturated carbocycles. The van der Waals surface area contributed by atoms with Gasteiger partial charge < -0.3 is 24.5 Å². The van der Waals surface area contributed by atoms with Crippen LogP contribution in [0.1, 0.15) is 28.4 Å². The first-order valence-corrected chi connectivity index (χ1v) is 9.77. The maximum atomic E-state index is 14.1. The fourth-order valence-electron chi connectivity index (χ4n) is 3.81. The summed E-state index contributed by atoms with van der Waals surface area (Å²) < 4.78 is 30.8. The first-order chi connectivity index (χ1) is 14.5. The average Bonchev–Trinajstić information content (AvgIpc) is 3.17. The lowest BCUT2D eigenvalue weighted by Crippen LogP contribution is -2.30. The number of hydrogen-bond donors (Lipinski definition) is 1. The average molecular weight is 410 g/mol. The third-order valence-corrected chi connectivity index (χ3v) is 5.39. The summed E-state index contributed by atoms with van der Waals surface area (Å²) >= 11 is 0. The third-order valence-electron chi connectivity index (χ3n) is 5.39. The molecule has 0 bridgehead atoms. The van der Waals surface area contributed by atoms with Crippen LogP contribution in [-0.4, -0.2) is 37.6 Å². The molecule has 30 heavy (non-hydrogen) atoms. The van der Waals surface area contributed by atoms with Crippen LogP contribution in [0.5, 0.6) is 11.5 Å². The van der Waals surface area contributed by atoms with E-state index in [1.165, 1.54) is 12.1 Å². The molecule has 7 heteroatoms. The number of likely N-dealkylation sites (N-methyl/N-ethyl adjacent to an activating group) is 1. The van der Waals surface area contributed by atoms with Gasteiger partial charge in [0.1, 0.15) is 6.61 Å². The van der Waals surface area contributed by atoms with Crippen molar-refractivity contribution < 1.29 is 23.1 Å². The Labute approximate surface area is 173 Å². The molecule has 2 N–H and O–H groups in total. The van der Waals surface area contributed by atoms with Crippen molar-refractivity contribution >= 4 is 23.0 Å². The minimum Gasteiger partial charge on any atom is -0.493 e. The summed E-state index contributed by atoms with van der Waals surface area (Å²) in [5.41, 5.74) is 8.76. The van der Waals surface area contributed by atoms with Crippen LogP contribution in [0, 0.1) is 5.82 Å². The van der Waals surface area contributed by atoms with Crippen molar-refractivity contribution in [3.05, 3.63) is 64.8 Å². The minimum atomic E-state index is -0.616. The van der Waals surface area contributed by atoms with Crippen molar-refractivity contribution in [3.63, 3.8) is 0 Å². The van der Waals surface area contributed by atoms with Crippen LogP contribution < -0.4 is 15.2 Å². The van der Waals surface area contributed by atoms with Crippen molar-refractivity contribution in [2.75, 3.05) is 26.8 Å². The molecule has 0 radical (unpaired) electrons. The van der Waals surface area contributed by atoms with E-state index in [0.29, 0.717) is 17.9 Å². The van der Waals surface area contributed by atoms with Crippen molar-refractivity contribution in [1.29, 1.82) is 0 Å². The van der Waals surface area contributed by atoms with Gasteiger partial charge in [-0.3, -0.25) is 4.79 Å². The van der Waals surface area contributed by atoms with E-state index in [9.17, 15) is 9.18 Å². The zero-order valence-corrected chi connectivity index (χ0v) is 16.9. The maximum Gasteiger partial charge on any atom is 0.249 e. The number of carbonyl (C=O) groups excluding carboxylic acids is 1. The highest BCUT2D eigenvalue weighted by Crippen LogP contribution is 2.34. The molecule has 2 heterocycles. The number of ether oxygens (including phenoxy) is 2. The number of primary amides is 1. The predicted molar refractivity (Wildman–Crippen MR) is 112 cm³/mol. The molecule has 0 atom stereocenters. The Kier molecular flexibility index (Phi) is 5.35. The highest BCUT2D eigenvalue weighted by molar-refractivity contribution is 5.98. The quantitative estimate of drug-likeness (QED) is 0.638. The number of halogens is 1. The first kappa shape index (κ1) is 19.8. The van der Waals surface area contributed by atoms with E-state index in [-0.39, 0.29) is 17.9 Å². The number of carbonyl (C=O) groups is 1. The van der Waals surface area contributed by atoms with Crippen LogP contribution in [-0.2, 0) is 6.42 Å². The molecule has 1 aromatic heterocycles. The number of benzene rings is 2. The molecule has 3 aromatic rings. The number of para-hydroxylation sites is 1. The molecule has 0 aliphatic carbocycles. The van der Waals surface area contributed by atoms with Crippen LogP contribution in [0.4, 0.5) is 4.39 Å². The fourth-order valence-corrected chi connectivity index (χ4v) is 3.81. The van der Waals surface area contributed by atoms with E-state index in [1.54, 1.807) is 19.4 Å². The number of amides is 1. The van der Waals surface area contributed by atoms with E-state index in [4.69, 9.17) is 19.6 Å². The van der Waals surface area contributed by atoms with Crippen LogP contribution in [0.25, 0.3) is 17.0 Å². The predicted octanol–water partition coefficient (Wildman–Crippen LogP) is 3.98. The molecule has 0 spiro atoms. The molecular weight excluding hydrogens is 387 g/mol. The molecule has 6 nitrogen and oxygen atoms in total. The van der Waals surface area contributed by atoms with E-state index in [0.717, 1.165) is 35.2 Å². The number of fused-ring (bicyclic) bond motifs is 2. The second-order valence-electron chi connectivity index (χ2n) is 7.05. The molecule has 0 fully saturated rings. The standard InChI is InChI=1S/C23H23FN2O4/c1-3-26(10-9-14-12-29-22-16(14)5-4-6-20(22)28-2)15-11-18-17(23(25)27)7-8-19(24)21(18)30-13-15/h4-8,11-12H,3,9-10,13H2,1-2H3,(H2,25,27). The minimum absolute atomic E-state index is 0.0685. The van der Waals surface area contributed by atoms with Crippen molar-refractivity contribution in [1.82, 2.24) is 4.90 Å². The van der Waals surface area contributed by atoms with Crippen LogP contribution in [0.3, 0.4) is 0 Å². The summed E-state index contributed by atoms with van der Waals surface area (Å²) in [5, 5.41) is 1.02. The molecular formula is C23H23FN2O4. The Morgan fingerprint density at radius 3 is 2.87 bits per heavy atom. The van der Waals surface area contributed by atoms with Gasteiger partial charge in [0.25, 0.3) is 0 Å². The Hall–Kier alpha value is -3.48. The van der Waals surface area contributed by atoms with E-state index >= 15 is 0 Å². The van der Waals surface area contributed by atoms with Gasteiger partial charge in [-0.05, 0) is 37.6 Å². The van der Waals surface area contributed by atoms with Crippen LogP contribution in [0.15, 0.2) is 46.7 Å². The normalized spacial score (nSPS) is 12.8. The third kappa shape index (κ3) is 3.47. The van der Waals surface area contributed by atoms with E-state index in [2.05, 4.69) is 4.90 Å². The second-order valence-corrected chi connectivity index (χ2v) is 7.05. The van der Waals surface area contributed by atoms with Crippen LogP contribution in [0.2, 0.25) is 0 Å².